The van der Waals surface area contributed by atoms with Crippen LogP contribution in [0.15, 0.2) is 46.9 Å². The zero-order valence-electron chi connectivity index (χ0n) is 11.0. The first kappa shape index (κ1) is 14.0. The number of hydrogen-bond donors (Lipinski definition) is 2. The predicted octanol–water partition coefficient (Wildman–Crippen LogP) is 3.00. The molecule has 0 radical (unpaired) electrons. The molecule has 6 heteroatoms. The standard InChI is InChI=1S/C15H12BrN3OS/c16-10-3-1-9(2-4-10)13(20)8-19-12-6-5-11(17)7-14(12)21-15(19)18/h1-7,18H,8,17H2/p+1. The average Bonchev–Trinajstić information content (AvgIpc) is 2.75. The predicted molar refractivity (Wildman–Crippen MR) is 89.3 cm³/mol. The van der Waals surface area contributed by atoms with Gasteiger partial charge in [-0.2, -0.15) is 0 Å². The zero-order valence-corrected chi connectivity index (χ0v) is 13.4. The Hall–Kier alpha value is -1.92. The Morgan fingerprint density at radius 2 is 1.86 bits per heavy atom. The molecule has 1 aromatic heterocycles. The highest BCUT2D eigenvalue weighted by molar-refractivity contribution is 9.10. The normalized spacial score (nSPS) is 10.9. The number of hydrogen-bond acceptors (Lipinski definition) is 4. The Kier molecular flexibility index (Phi) is 3.65. The summed E-state index contributed by atoms with van der Waals surface area (Å²) in [6.45, 7) is 0.220. The van der Waals surface area contributed by atoms with Crippen molar-refractivity contribution in [3.63, 3.8) is 0 Å². The molecule has 0 saturated heterocycles. The fourth-order valence-corrected chi connectivity index (χ4v) is 3.40. The molecule has 0 atom stereocenters. The van der Waals surface area contributed by atoms with Crippen LogP contribution in [0.1, 0.15) is 10.4 Å². The third-order valence-electron chi connectivity index (χ3n) is 3.22. The van der Waals surface area contributed by atoms with Gasteiger partial charge in [0.05, 0.1) is 4.70 Å². The van der Waals surface area contributed by atoms with Gasteiger partial charge in [0, 0.05) is 15.7 Å². The largest absolute Gasteiger partial charge is 0.399 e. The van der Waals surface area contributed by atoms with Crippen LogP contribution < -0.4 is 16.0 Å². The Morgan fingerprint density at radius 3 is 2.57 bits per heavy atom. The molecule has 1 heterocycles. The number of aromatic nitrogens is 1. The summed E-state index contributed by atoms with van der Waals surface area (Å²) < 4.78 is 3.75. The van der Waals surface area contributed by atoms with Gasteiger partial charge in [0.25, 0.3) is 0 Å². The zero-order chi connectivity index (χ0) is 15.0. The number of carbonyl (C=O) groups excluding carboxylic acids is 1. The number of nitrogens with two attached hydrogens (primary N) is 2. The first-order valence-electron chi connectivity index (χ1n) is 6.31. The molecule has 21 heavy (non-hydrogen) atoms. The lowest BCUT2D eigenvalue weighted by atomic mass is 10.1. The highest BCUT2D eigenvalue weighted by Gasteiger charge is 2.19. The van der Waals surface area contributed by atoms with E-state index in [0.717, 1.165) is 14.7 Å². The fourth-order valence-electron chi connectivity index (χ4n) is 2.16. The summed E-state index contributed by atoms with van der Waals surface area (Å²) in [5.41, 5.74) is 14.1. The smallest absolute Gasteiger partial charge is 0.333 e. The maximum atomic E-state index is 12.4. The second kappa shape index (κ2) is 5.46. The van der Waals surface area contributed by atoms with Crippen LogP contribution in [0.25, 0.3) is 10.2 Å². The van der Waals surface area contributed by atoms with Crippen molar-refractivity contribution in [2.45, 2.75) is 6.54 Å². The molecule has 0 spiro atoms. The first-order valence-corrected chi connectivity index (χ1v) is 7.91. The Morgan fingerprint density at radius 1 is 1.14 bits per heavy atom. The van der Waals surface area contributed by atoms with Crippen LogP contribution in [0.5, 0.6) is 0 Å². The van der Waals surface area contributed by atoms with Crippen LogP contribution in [0.3, 0.4) is 0 Å². The van der Waals surface area contributed by atoms with E-state index >= 15 is 0 Å². The number of nitrogen functional groups attached to an aromatic ring is 2. The maximum Gasteiger partial charge on any atom is 0.333 e. The third-order valence-corrected chi connectivity index (χ3v) is 4.73. The Labute approximate surface area is 134 Å². The van der Waals surface area contributed by atoms with Crippen molar-refractivity contribution < 1.29 is 9.36 Å². The Bertz CT molecular complexity index is 827. The van der Waals surface area contributed by atoms with E-state index in [0.29, 0.717) is 16.4 Å². The fraction of sp³-hybridized carbons (Fsp3) is 0.0667. The first-order chi connectivity index (χ1) is 10.0. The number of carbonyl (C=O) groups is 1. The van der Waals surface area contributed by atoms with Crippen LogP contribution in [-0.4, -0.2) is 5.78 Å². The number of halogens is 1. The number of benzene rings is 2. The molecule has 0 aliphatic rings. The lowest BCUT2D eigenvalue weighted by molar-refractivity contribution is -0.638. The van der Waals surface area contributed by atoms with Crippen molar-refractivity contribution in [3.8, 4) is 0 Å². The SMILES string of the molecule is Nc1ccc2c(c1)sc(N)[n+]2CC(=O)c1ccc(Br)cc1. The van der Waals surface area contributed by atoms with Crippen molar-refractivity contribution in [2.24, 2.45) is 0 Å². The lowest BCUT2D eigenvalue weighted by Crippen LogP contribution is -2.39. The summed E-state index contributed by atoms with van der Waals surface area (Å²) in [6, 6.07) is 12.9. The minimum atomic E-state index is 0.0238. The van der Waals surface area contributed by atoms with Gasteiger partial charge in [-0.1, -0.05) is 28.1 Å². The minimum Gasteiger partial charge on any atom is -0.399 e. The van der Waals surface area contributed by atoms with Gasteiger partial charge in [-0.3, -0.25) is 10.5 Å². The summed E-state index contributed by atoms with van der Waals surface area (Å²) in [4.78, 5) is 12.4. The summed E-state index contributed by atoms with van der Waals surface area (Å²) in [5, 5.41) is 0.598. The quantitative estimate of drug-likeness (QED) is 0.427. The number of thiazole rings is 1. The van der Waals surface area contributed by atoms with Crippen LogP contribution >= 0.6 is 27.3 Å². The molecule has 3 rings (SSSR count). The second-order valence-electron chi connectivity index (χ2n) is 4.68. The second-order valence-corrected chi connectivity index (χ2v) is 6.66. The van der Waals surface area contributed by atoms with Gasteiger partial charge in [-0.05, 0) is 41.7 Å². The van der Waals surface area contributed by atoms with Gasteiger partial charge in [0.2, 0.25) is 5.78 Å². The van der Waals surface area contributed by atoms with E-state index in [1.807, 2.05) is 34.9 Å². The highest BCUT2D eigenvalue weighted by Crippen LogP contribution is 2.24. The van der Waals surface area contributed by atoms with E-state index in [4.69, 9.17) is 11.5 Å². The van der Waals surface area contributed by atoms with Crippen LogP contribution in [-0.2, 0) is 6.54 Å². The van der Waals surface area contributed by atoms with Crippen molar-refractivity contribution in [1.82, 2.24) is 0 Å². The number of fused-ring (bicyclic) bond motifs is 1. The van der Waals surface area contributed by atoms with E-state index in [2.05, 4.69) is 15.9 Å². The molecule has 0 amide bonds. The molecule has 0 saturated carbocycles. The van der Waals surface area contributed by atoms with E-state index in [1.54, 1.807) is 12.1 Å². The summed E-state index contributed by atoms with van der Waals surface area (Å²) in [5.74, 6) is 0.0238. The van der Waals surface area contributed by atoms with Gasteiger partial charge in [0.1, 0.15) is 5.52 Å². The number of anilines is 2. The van der Waals surface area contributed by atoms with Gasteiger partial charge in [0.15, 0.2) is 6.54 Å². The molecule has 0 aliphatic heterocycles. The van der Waals surface area contributed by atoms with Crippen molar-refractivity contribution in [3.05, 3.63) is 52.5 Å². The van der Waals surface area contributed by atoms with Gasteiger partial charge < -0.3 is 5.73 Å². The van der Waals surface area contributed by atoms with Crippen LogP contribution in [0.4, 0.5) is 10.8 Å². The topological polar surface area (TPSA) is 73.0 Å². The molecular weight excluding hydrogens is 350 g/mol. The summed E-state index contributed by atoms with van der Waals surface area (Å²) >= 11 is 4.79. The van der Waals surface area contributed by atoms with Gasteiger partial charge in [-0.15, -0.1) is 0 Å². The maximum absolute atomic E-state index is 12.4. The molecule has 0 unspecified atom stereocenters. The van der Waals surface area contributed by atoms with Crippen LogP contribution in [0.2, 0.25) is 0 Å². The molecule has 0 fully saturated rings. The molecule has 0 aliphatic carbocycles. The lowest BCUT2D eigenvalue weighted by Gasteiger charge is -2.01. The molecule has 3 aromatic rings. The third kappa shape index (κ3) is 2.77. The van der Waals surface area contributed by atoms with Gasteiger partial charge >= 0.3 is 5.13 Å². The van der Waals surface area contributed by atoms with Crippen LogP contribution in [0, 0.1) is 0 Å². The van der Waals surface area contributed by atoms with E-state index in [1.165, 1.54) is 11.3 Å². The van der Waals surface area contributed by atoms with E-state index < -0.39 is 0 Å². The van der Waals surface area contributed by atoms with E-state index in [-0.39, 0.29) is 12.3 Å². The molecular formula is C15H13BrN3OS+. The molecule has 4 N–H and O–H groups in total. The monoisotopic (exact) mass is 362 g/mol. The number of Topliss-reactive ketones (excluding diaryl/α,β-unsaturated/α-hetero) is 1. The van der Waals surface area contributed by atoms with Gasteiger partial charge in [-0.25, -0.2) is 4.57 Å². The number of rotatable bonds is 3. The number of ketones is 1. The Balaban J connectivity index is 1.96. The molecule has 0 bridgehead atoms. The summed E-state index contributed by atoms with van der Waals surface area (Å²) in [6.07, 6.45) is 0. The molecule has 4 nitrogen and oxygen atoms in total. The highest BCUT2D eigenvalue weighted by atomic mass is 79.9. The van der Waals surface area contributed by atoms with E-state index in [9.17, 15) is 4.79 Å². The average molecular weight is 363 g/mol. The van der Waals surface area contributed by atoms with Crippen molar-refractivity contribution >= 4 is 54.1 Å². The van der Waals surface area contributed by atoms with Crippen molar-refractivity contribution in [1.29, 1.82) is 0 Å². The van der Waals surface area contributed by atoms with Crippen molar-refractivity contribution in [2.75, 3.05) is 11.5 Å². The molecule has 106 valence electrons. The number of nitrogens with zero attached hydrogens (tertiary/aromatic N) is 1. The molecule has 2 aromatic carbocycles. The summed E-state index contributed by atoms with van der Waals surface area (Å²) in [7, 11) is 0. The minimum absolute atomic E-state index is 0.0238.